The zero-order valence-corrected chi connectivity index (χ0v) is 13.9. The van der Waals surface area contributed by atoms with Crippen molar-refractivity contribution in [2.75, 3.05) is 16.8 Å². The summed E-state index contributed by atoms with van der Waals surface area (Å²) >= 11 is 1.34. The van der Waals surface area contributed by atoms with Crippen molar-refractivity contribution in [1.82, 2.24) is 14.8 Å². The normalized spacial score (nSPS) is 15.1. The summed E-state index contributed by atoms with van der Waals surface area (Å²) in [5.74, 6) is 0.469. The Kier molecular flexibility index (Phi) is 4.08. The molecule has 0 aliphatic carbocycles. The number of amides is 2. The summed E-state index contributed by atoms with van der Waals surface area (Å²) < 4.78 is 1.84. The van der Waals surface area contributed by atoms with Crippen LogP contribution in [0.2, 0.25) is 0 Å². The number of aryl methyl sites for hydroxylation is 1. The lowest BCUT2D eigenvalue weighted by Gasteiger charge is -2.30. The number of carbonyl (C=O) groups excluding carboxylic acids is 2. The van der Waals surface area contributed by atoms with Crippen LogP contribution in [0.15, 0.2) is 29.4 Å². The first-order valence-electron chi connectivity index (χ1n) is 7.20. The van der Waals surface area contributed by atoms with E-state index in [1.807, 2.05) is 43.7 Å². The molecule has 0 saturated carbocycles. The number of para-hydroxylation sites is 2. The van der Waals surface area contributed by atoms with Crippen LogP contribution < -0.4 is 10.2 Å². The van der Waals surface area contributed by atoms with Crippen molar-refractivity contribution < 1.29 is 9.59 Å². The predicted molar refractivity (Wildman–Crippen MR) is 88.5 cm³/mol. The highest BCUT2D eigenvalue weighted by molar-refractivity contribution is 8.00. The van der Waals surface area contributed by atoms with Gasteiger partial charge >= 0.3 is 0 Å². The third-order valence-electron chi connectivity index (χ3n) is 3.72. The third-order valence-corrected chi connectivity index (χ3v) is 4.84. The molecule has 3 rings (SSSR count). The van der Waals surface area contributed by atoms with Gasteiger partial charge in [0.1, 0.15) is 12.4 Å². The van der Waals surface area contributed by atoms with Crippen molar-refractivity contribution in [1.29, 1.82) is 0 Å². The van der Waals surface area contributed by atoms with Crippen molar-refractivity contribution in [3.63, 3.8) is 0 Å². The zero-order chi connectivity index (χ0) is 16.6. The first kappa shape index (κ1) is 15.5. The average Bonchev–Trinajstić information content (AvgIpc) is 2.85. The van der Waals surface area contributed by atoms with Crippen LogP contribution in [0.3, 0.4) is 0 Å². The number of nitrogens with zero attached hydrogens (tertiary/aromatic N) is 4. The maximum absolute atomic E-state index is 12.8. The Bertz CT molecular complexity index is 773. The molecule has 2 aromatic rings. The second-order valence-corrected chi connectivity index (χ2v) is 6.65. The number of hydrogen-bond donors (Lipinski definition) is 1. The standard InChI is InChI=1S/C15H17N5O2S/c1-9(23-15-18-17-10(2)19(15)3)14(22)20-8-13(21)16-11-6-4-5-7-12(11)20/h4-7,9H,8H2,1-3H3,(H,16,21)/t9-/m0/s1. The fraction of sp³-hybridized carbons (Fsp3) is 0.333. The van der Waals surface area contributed by atoms with Gasteiger partial charge in [-0.15, -0.1) is 10.2 Å². The number of fused-ring (bicyclic) bond motifs is 1. The minimum atomic E-state index is -0.378. The monoisotopic (exact) mass is 331 g/mol. The Morgan fingerprint density at radius 2 is 2.09 bits per heavy atom. The number of rotatable bonds is 3. The minimum Gasteiger partial charge on any atom is -0.323 e. The van der Waals surface area contributed by atoms with E-state index in [1.165, 1.54) is 16.7 Å². The van der Waals surface area contributed by atoms with Crippen LogP contribution in [0.4, 0.5) is 11.4 Å². The number of nitrogens with one attached hydrogen (secondary N) is 1. The smallest absolute Gasteiger partial charge is 0.244 e. The molecule has 0 saturated heterocycles. The molecule has 1 N–H and O–H groups in total. The van der Waals surface area contributed by atoms with Gasteiger partial charge in [0, 0.05) is 7.05 Å². The number of carbonyl (C=O) groups is 2. The van der Waals surface area contributed by atoms with Gasteiger partial charge in [-0.05, 0) is 26.0 Å². The van der Waals surface area contributed by atoms with Gasteiger partial charge in [-0.3, -0.25) is 14.5 Å². The largest absolute Gasteiger partial charge is 0.323 e. The van der Waals surface area contributed by atoms with E-state index >= 15 is 0 Å². The number of anilines is 2. The van der Waals surface area contributed by atoms with Crippen LogP contribution in [-0.4, -0.2) is 38.4 Å². The maximum Gasteiger partial charge on any atom is 0.244 e. The van der Waals surface area contributed by atoms with Gasteiger partial charge < -0.3 is 9.88 Å². The molecule has 0 unspecified atom stereocenters. The predicted octanol–water partition coefficient (Wildman–Crippen LogP) is 1.59. The molecule has 1 aromatic heterocycles. The third kappa shape index (κ3) is 2.94. The first-order chi connectivity index (χ1) is 11.0. The molecule has 0 spiro atoms. The fourth-order valence-corrected chi connectivity index (χ4v) is 3.27. The van der Waals surface area contributed by atoms with Crippen LogP contribution in [0, 0.1) is 6.92 Å². The summed E-state index contributed by atoms with van der Waals surface area (Å²) in [6.07, 6.45) is 0. The van der Waals surface area contributed by atoms with Gasteiger partial charge in [-0.2, -0.15) is 0 Å². The van der Waals surface area contributed by atoms with E-state index in [2.05, 4.69) is 15.5 Å². The SMILES string of the molecule is Cc1nnc(S[C@@H](C)C(=O)N2CC(=O)Nc3ccccc32)n1C. The van der Waals surface area contributed by atoms with Gasteiger partial charge in [0.15, 0.2) is 5.16 Å². The molecule has 1 atom stereocenters. The van der Waals surface area contributed by atoms with Gasteiger partial charge in [-0.25, -0.2) is 0 Å². The Labute approximate surface area is 138 Å². The lowest BCUT2D eigenvalue weighted by atomic mass is 10.2. The first-order valence-corrected chi connectivity index (χ1v) is 8.08. The van der Waals surface area contributed by atoms with Crippen molar-refractivity contribution >= 4 is 35.0 Å². The molecule has 0 radical (unpaired) electrons. The molecule has 0 fully saturated rings. The number of benzene rings is 1. The van der Waals surface area contributed by atoms with Crippen molar-refractivity contribution in [3.8, 4) is 0 Å². The highest BCUT2D eigenvalue weighted by Crippen LogP contribution is 2.31. The number of hydrogen-bond acceptors (Lipinski definition) is 5. The summed E-state index contributed by atoms with van der Waals surface area (Å²) in [5.41, 5.74) is 1.38. The molecule has 1 aliphatic rings. The quantitative estimate of drug-likeness (QED) is 0.864. The molecular weight excluding hydrogens is 314 g/mol. The van der Waals surface area contributed by atoms with Crippen LogP contribution in [0.5, 0.6) is 0 Å². The Morgan fingerprint density at radius 1 is 1.35 bits per heavy atom. The summed E-state index contributed by atoms with van der Waals surface area (Å²) in [7, 11) is 1.86. The topological polar surface area (TPSA) is 80.1 Å². The van der Waals surface area contributed by atoms with Crippen molar-refractivity contribution in [2.45, 2.75) is 24.3 Å². The van der Waals surface area contributed by atoms with Crippen LogP contribution in [0.1, 0.15) is 12.7 Å². The summed E-state index contributed by atoms with van der Waals surface area (Å²) in [6.45, 7) is 3.69. The molecule has 2 heterocycles. The molecule has 23 heavy (non-hydrogen) atoms. The summed E-state index contributed by atoms with van der Waals surface area (Å²) in [6, 6.07) is 7.29. The van der Waals surface area contributed by atoms with E-state index in [0.717, 1.165) is 11.5 Å². The second-order valence-electron chi connectivity index (χ2n) is 5.34. The van der Waals surface area contributed by atoms with E-state index in [-0.39, 0.29) is 23.6 Å². The van der Waals surface area contributed by atoms with Gasteiger partial charge in [-0.1, -0.05) is 23.9 Å². The molecule has 8 heteroatoms. The van der Waals surface area contributed by atoms with E-state index < -0.39 is 0 Å². The van der Waals surface area contributed by atoms with E-state index in [1.54, 1.807) is 6.07 Å². The van der Waals surface area contributed by atoms with Crippen LogP contribution in [-0.2, 0) is 16.6 Å². The lowest BCUT2D eigenvalue weighted by Crippen LogP contribution is -2.45. The molecule has 2 amide bonds. The Morgan fingerprint density at radius 3 is 2.78 bits per heavy atom. The fourth-order valence-electron chi connectivity index (χ4n) is 2.35. The minimum absolute atomic E-state index is 0.0264. The average molecular weight is 331 g/mol. The molecule has 120 valence electrons. The molecule has 1 aliphatic heterocycles. The molecule has 1 aromatic carbocycles. The zero-order valence-electron chi connectivity index (χ0n) is 13.1. The maximum atomic E-state index is 12.8. The van der Waals surface area contributed by atoms with E-state index in [9.17, 15) is 9.59 Å². The summed E-state index contributed by atoms with van der Waals surface area (Å²) in [4.78, 5) is 26.2. The highest BCUT2D eigenvalue weighted by atomic mass is 32.2. The molecule has 7 nitrogen and oxygen atoms in total. The molecule has 0 bridgehead atoms. The Hall–Kier alpha value is -2.35. The number of thioether (sulfide) groups is 1. The number of aromatic nitrogens is 3. The van der Waals surface area contributed by atoms with Crippen LogP contribution in [0.25, 0.3) is 0 Å². The van der Waals surface area contributed by atoms with E-state index in [4.69, 9.17) is 0 Å². The lowest BCUT2D eigenvalue weighted by molar-refractivity contribution is -0.121. The highest BCUT2D eigenvalue weighted by Gasteiger charge is 2.30. The van der Waals surface area contributed by atoms with E-state index in [0.29, 0.717) is 10.8 Å². The van der Waals surface area contributed by atoms with Gasteiger partial charge in [0.05, 0.1) is 16.6 Å². The van der Waals surface area contributed by atoms with Crippen molar-refractivity contribution in [2.24, 2.45) is 7.05 Å². The van der Waals surface area contributed by atoms with Gasteiger partial charge in [0.25, 0.3) is 0 Å². The van der Waals surface area contributed by atoms with Crippen molar-refractivity contribution in [3.05, 3.63) is 30.1 Å². The second kappa shape index (κ2) is 6.04. The van der Waals surface area contributed by atoms with Gasteiger partial charge in [0.2, 0.25) is 11.8 Å². The Balaban J connectivity index is 1.82. The molecular formula is C15H17N5O2S. The summed E-state index contributed by atoms with van der Waals surface area (Å²) in [5, 5.41) is 11.1. The van der Waals surface area contributed by atoms with Crippen LogP contribution >= 0.6 is 11.8 Å².